The standard InChI is InChI=1S/C9H17O2/c1-5-6-7-11-8(10)9(2,3)4/h2,5-7H2,1,3-4H3. The minimum atomic E-state index is -0.603. The third kappa shape index (κ3) is 4.82. The fourth-order valence-corrected chi connectivity index (χ4v) is 0.505. The van der Waals surface area contributed by atoms with Crippen LogP contribution in [-0.4, -0.2) is 12.6 Å². The van der Waals surface area contributed by atoms with Crippen LogP contribution >= 0.6 is 0 Å². The SMILES string of the molecule is [CH2]C(C)(C)C(=O)OCCCC. The van der Waals surface area contributed by atoms with Crippen molar-refractivity contribution in [1.82, 2.24) is 0 Å². The lowest BCUT2D eigenvalue weighted by Gasteiger charge is -2.15. The molecule has 0 aromatic carbocycles. The molecule has 0 unspecified atom stereocenters. The molecule has 0 amide bonds. The van der Waals surface area contributed by atoms with E-state index in [2.05, 4.69) is 13.8 Å². The zero-order chi connectivity index (χ0) is 8.91. The first-order valence-electron chi connectivity index (χ1n) is 4.01. The fourth-order valence-electron chi connectivity index (χ4n) is 0.505. The van der Waals surface area contributed by atoms with Gasteiger partial charge in [0.2, 0.25) is 0 Å². The van der Waals surface area contributed by atoms with Gasteiger partial charge >= 0.3 is 5.97 Å². The van der Waals surface area contributed by atoms with Gasteiger partial charge in [-0.1, -0.05) is 13.3 Å². The van der Waals surface area contributed by atoms with E-state index in [0.29, 0.717) is 6.61 Å². The Morgan fingerprint density at radius 2 is 2.09 bits per heavy atom. The quantitative estimate of drug-likeness (QED) is 0.462. The van der Waals surface area contributed by atoms with Gasteiger partial charge in [-0.3, -0.25) is 4.79 Å². The van der Waals surface area contributed by atoms with Crippen LogP contribution < -0.4 is 0 Å². The van der Waals surface area contributed by atoms with E-state index in [1.165, 1.54) is 0 Å². The summed E-state index contributed by atoms with van der Waals surface area (Å²) in [4.78, 5) is 11.1. The summed E-state index contributed by atoms with van der Waals surface area (Å²) in [6.45, 7) is 9.76. The Morgan fingerprint density at radius 3 is 2.45 bits per heavy atom. The highest BCUT2D eigenvalue weighted by molar-refractivity contribution is 5.76. The molecule has 0 heterocycles. The summed E-state index contributed by atoms with van der Waals surface area (Å²) < 4.78 is 4.95. The van der Waals surface area contributed by atoms with Crippen LogP contribution in [0.5, 0.6) is 0 Å². The van der Waals surface area contributed by atoms with E-state index in [-0.39, 0.29) is 5.97 Å². The molecule has 11 heavy (non-hydrogen) atoms. The van der Waals surface area contributed by atoms with E-state index < -0.39 is 5.41 Å². The van der Waals surface area contributed by atoms with Crippen LogP contribution in [0, 0.1) is 12.3 Å². The third-order valence-electron chi connectivity index (χ3n) is 1.28. The summed E-state index contributed by atoms with van der Waals surface area (Å²) in [5, 5.41) is 0. The Kier molecular flexibility index (Phi) is 4.16. The van der Waals surface area contributed by atoms with Crippen molar-refractivity contribution in [3.05, 3.63) is 6.92 Å². The van der Waals surface area contributed by atoms with Gasteiger partial charge in [-0.25, -0.2) is 0 Å². The predicted molar refractivity (Wildman–Crippen MR) is 45.0 cm³/mol. The number of hydrogen-bond acceptors (Lipinski definition) is 2. The number of esters is 1. The lowest BCUT2D eigenvalue weighted by Crippen LogP contribution is -2.23. The molecule has 65 valence electrons. The number of unbranched alkanes of at least 4 members (excludes halogenated alkanes) is 1. The molecular formula is C9H17O2. The smallest absolute Gasteiger partial charge is 0.311 e. The third-order valence-corrected chi connectivity index (χ3v) is 1.28. The van der Waals surface area contributed by atoms with Gasteiger partial charge in [-0.05, 0) is 27.2 Å². The minimum absolute atomic E-state index is 0.217. The first-order chi connectivity index (χ1) is 4.98. The van der Waals surface area contributed by atoms with E-state index in [1.54, 1.807) is 13.8 Å². The van der Waals surface area contributed by atoms with Crippen molar-refractivity contribution in [3.63, 3.8) is 0 Å². The van der Waals surface area contributed by atoms with Gasteiger partial charge in [0.15, 0.2) is 0 Å². The topological polar surface area (TPSA) is 26.3 Å². The van der Waals surface area contributed by atoms with Gasteiger partial charge in [0.1, 0.15) is 0 Å². The lowest BCUT2D eigenvalue weighted by atomic mass is 9.97. The molecular weight excluding hydrogens is 140 g/mol. The van der Waals surface area contributed by atoms with Gasteiger partial charge in [0, 0.05) is 0 Å². The molecule has 0 fully saturated rings. The molecule has 0 aromatic rings. The monoisotopic (exact) mass is 157 g/mol. The lowest BCUT2D eigenvalue weighted by molar-refractivity contribution is -0.151. The van der Waals surface area contributed by atoms with E-state index in [1.807, 2.05) is 0 Å². The summed E-state index contributed by atoms with van der Waals surface area (Å²) in [5.41, 5.74) is -0.603. The molecule has 0 N–H and O–H groups in total. The van der Waals surface area contributed by atoms with Gasteiger partial charge in [0.05, 0.1) is 12.0 Å². The number of carbonyl (C=O) groups is 1. The van der Waals surface area contributed by atoms with E-state index in [4.69, 9.17) is 4.74 Å². The Hall–Kier alpha value is -0.530. The molecule has 0 atom stereocenters. The summed E-state index contributed by atoms with van der Waals surface area (Å²) in [6, 6.07) is 0. The average Bonchev–Trinajstić information content (AvgIpc) is 1.86. The molecule has 0 bridgehead atoms. The second kappa shape index (κ2) is 4.37. The van der Waals surface area contributed by atoms with Crippen molar-refractivity contribution in [2.45, 2.75) is 33.6 Å². The van der Waals surface area contributed by atoms with E-state index >= 15 is 0 Å². The van der Waals surface area contributed by atoms with Gasteiger partial charge in [-0.15, -0.1) is 0 Å². The first-order valence-corrected chi connectivity index (χ1v) is 4.01. The molecule has 2 nitrogen and oxygen atoms in total. The Labute approximate surface area is 68.9 Å². The second-order valence-electron chi connectivity index (χ2n) is 3.37. The summed E-state index contributed by atoms with van der Waals surface area (Å²) in [6.07, 6.45) is 1.98. The average molecular weight is 157 g/mol. The maximum Gasteiger partial charge on any atom is 0.311 e. The van der Waals surface area contributed by atoms with Crippen LogP contribution in [0.3, 0.4) is 0 Å². The molecule has 0 aliphatic rings. The summed E-state index contributed by atoms with van der Waals surface area (Å²) in [5.74, 6) is -0.217. The number of ether oxygens (including phenoxy) is 1. The van der Waals surface area contributed by atoms with Crippen molar-refractivity contribution in [2.75, 3.05) is 6.61 Å². The number of carbonyl (C=O) groups excluding carboxylic acids is 1. The Balaban J connectivity index is 3.54. The first kappa shape index (κ1) is 10.5. The van der Waals surface area contributed by atoms with E-state index in [0.717, 1.165) is 12.8 Å². The van der Waals surface area contributed by atoms with Crippen molar-refractivity contribution in [3.8, 4) is 0 Å². The van der Waals surface area contributed by atoms with Crippen LogP contribution in [0.4, 0.5) is 0 Å². The minimum Gasteiger partial charge on any atom is -0.465 e. The van der Waals surface area contributed by atoms with Gasteiger partial charge < -0.3 is 4.74 Å². The normalized spacial score (nSPS) is 11.3. The molecule has 0 aliphatic heterocycles. The zero-order valence-corrected chi connectivity index (χ0v) is 7.64. The van der Waals surface area contributed by atoms with Crippen molar-refractivity contribution >= 4 is 5.97 Å². The van der Waals surface area contributed by atoms with Gasteiger partial charge in [-0.2, -0.15) is 0 Å². The number of rotatable bonds is 4. The fraction of sp³-hybridized carbons (Fsp3) is 0.778. The number of hydrogen-bond donors (Lipinski definition) is 0. The molecule has 0 spiro atoms. The van der Waals surface area contributed by atoms with Crippen molar-refractivity contribution in [1.29, 1.82) is 0 Å². The highest BCUT2D eigenvalue weighted by Crippen LogP contribution is 2.14. The van der Waals surface area contributed by atoms with Gasteiger partial charge in [0.25, 0.3) is 0 Å². The van der Waals surface area contributed by atoms with Crippen LogP contribution in [0.1, 0.15) is 33.6 Å². The van der Waals surface area contributed by atoms with E-state index in [9.17, 15) is 4.79 Å². The highest BCUT2D eigenvalue weighted by Gasteiger charge is 2.22. The molecule has 2 heteroatoms. The molecule has 1 radical (unpaired) electrons. The Bertz CT molecular complexity index is 122. The van der Waals surface area contributed by atoms with Crippen LogP contribution in [0.25, 0.3) is 0 Å². The summed E-state index contributed by atoms with van der Waals surface area (Å²) in [7, 11) is 0. The predicted octanol–water partition coefficient (Wildman–Crippen LogP) is 2.19. The molecule has 0 saturated carbocycles. The van der Waals surface area contributed by atoms with Crippen LogP contribution in [0.15, 0.2) is 0 Å². The molecule has 0 saturated heterocycles. The molecule has 0 rings (SSSR count). The zero-order valence-electron chi connectivity index (χ0n) is 7.64. The van der Waals surface area contributed by atoms with Crippen molar-refractivity contribution in [2.24, 2.45) is 5.41 Å². The second-order valence-corrected chi connectivity index (χ2v) is 3.37. The molecule has 0 aliphatic carbocycles. The van der Waals surface area contributed by atoms with Crippen molar-refractivity contribution < 1.29 is 9.53 Å². The Morgan fingerprint density at radius 1 is 1.55 bits per heavy atom. The molecule has 0 aromatic heterocycles. The van der Waals surface area contributed by atoms with Crippen LogP contribution in [0.2, 0.25) is 0 Å². The van der Waals surface area contributed by atoms with Crippen LogP contribution in [-0.2, 0) is 9.53 Å². The maximum absolute atomic E-state index is 11.1. The largest absolute Gasteiger partial charge is 0.465 e. The maximum atomic E-state index is 11.1. The summed E-state index contributed by atoms with van der Waals surface area (Å²) >= 11 is 0. The highest BCUT2D eigenvalue weighted by atomic mass is 16.5.